The summed E-state index contributed by atoms with van der Waals surface area (Å²) in [5.74, 6) is 0. The number of ether oxygens (including phenoxy) is 1. The highest BCUT2D eigenvalue weighted by atomic mass is 16.5. The number of likely N-dealkylation sites (tertiary alicyclic amines) is 1. The molecule has 4 nitrogen and oxygen atoms in total. The van der Waals surface area contributed by atoms with E-state index in [-0.39, 0.29) is 6.10 Å². The Morgan fingerprint density at radius 3 is 2.53 bits per heavy atom. The van der Waals surface area contributed by atoms with Crippen molar-refractivity contribution in [2.45, 2.75) is 38.8 Å². The van der Waals surface area contributed by atoms with Crippen LogP contribution in [0.15, 0.2) is 0 Å². The van der Waals surface area contributed by atoms with Crippen LogP contribution in [0.2, 0.25) is 0 Å². The molecular weight excluding hydrogens is 216 g/mol. The van der Waals surface area contributed by atoms with Crippen LogP contribution in [-0.2, 0) is 4.74 Å². The minimum atomic E-state index is -0.357. The maximum absolute atomic E-state index is 9.80. The standard InChI is InChI=1S/C13H28N2O2/c1-4-15-8-6-12(7-9-15)14(3)10-13(16)11-17-5-2/h12-13,16H,4-11H2,1-3H3. The Kier molecular flexibility index (Phi) is 7.04. The zero-order valence-corrected chi connectivity index (χ0v) is 11.6. The lowest BCUT2D eigenvalue weighted by molar-refractivity contribution is 0.0117. The van der Waals surface area contributed by atoms with E-state index in [1.165, 1.54) is 25.9 Å². The first-order valence-electron chi connectivity index (χ1n) is 6.85. The van der Waals surface area contributed by atoms with Crippen LogP contribution in [0.5, 0.6) is 0 Å². The first-order chi connectivity index (χ1) is 8.17. The molecule has 1 unspecified atom stereocenters. The second-order valence-corrected chi connectivity index (χ2v) is 4.92. The zero-order valence-electron chi connectivity index (χ0n) is 11.6. The Morgan fingerprint density at radius 1 is 1.35 bits per heavy atom. The quantitative estimate of drug-likeness (QED) is 0.718. The van der Waals surface area contributed by atoms with Crippen LogP contribution in [0.3, 0.4) is 0 Å². The molecule has 0 aromatic rings. The zero-order chi connectivity index (χ0) is 12.7. The Hall–Kier alpha value is -0.160. The molecule has 0 aromatic heterocycles. The van der Waals surface area contributed by atoms with Gasteiger partial charge in [0, 0.05) is 19.2 Å². The van der Waals surface area contributed by atoms with E-state index in [9.17, 15) is 5.11 Å². The number of likely N-dealkylation sites (N-methyl/N-ethyl adjacent to an activating group) is 1. The molecule has 1 atom stereocenters. The average Bonchev–Trinajstić information content (AvgIpc) is 2.36. The van der Waals surface area contributed by atoms with Crippen LogP contribution < -0.4 is 0 Å². The normalized spacial score (nSPS) is 21.0. The number of nitrogens with zero attached hydrogens (tertiary/aromatic N) is 2. The molecule has 1 saturated heterocycles. The summed E-state index contributed by atoms with van der Waals surface area (Å²) in [4.78, 5) is 4.78. The molecule has 1 N–H and O–H groups in total. The number of aliphatic hydroxyl groups is 1. The van der Waals surface area contributed by atoms with Crippen molar-refractivity contribution in [3.05, 3.63) is 0 Å². The SMILES string of the molecule is CCOCC(O)CN(C)C1CCN(CC)CC1. The van der Waals surface area contributed by atoms with Crippen LogP contribution in [0, 0.1) is 0 Å². The van der Waals surface area contributed by atoms with Gasteiger partial charge in [-0.25, -0.2) is 0 Å². The molecule has 1 rings (SSSR count). The van der Waals surface area contributed by atoms with Crippen LogP contribution >= 0.6 is 0 Å². The minimum absolute atomic E-state index is 0.357. The summed E-state index contributed by atoms with van der Waals surface area (Å²) < 4.78 is 5.23. The van der Waals surface area contributed by atoms with Gasteiger partial charge in [-0.2, -0.15) is 0 Å². The molecule has 17 heavy (non-hydrogen) atoms. The number of hydrogen-bond donors (Lipinski definition) is 1. The molecule has 0 spiro atoms. The summed E-state index contributed by atoms with van der Waals surface area (Å²) in [6, 6.07) is 0.620. The van der Waals surface area contributed by atoms with Crippen molar-refractivity contribution in [1.29, 1.82) is 0 Å². The van der Waals surface area contributed by atoms with Crippen LogP contribution in [0.25, 0.3) is 0 Å². The van der Waals surface area contributed by atoms with Crippen LogP contribution in [0.4, 0.5) is 0 Å². The second-order valence-electron chi connectivity index (χ2n) is 4.92. The van der Waals surface area contributed by atoms with Gasteiger partial charge in [-0.15, -0.1) is 0 Å². The van der Waals surface area contributed by atoms with Crippen molar-refractivity contribution in [2.24, 2.45) is 0 Å². The minimum Gasteiger partial charge on any atom is -0.389 e. The third-order valence-electron chi connectivity index (χ3n) is 3.64. The first kappa shape index (κ1) is 14.9. The maximum atomic E-state index is 9.80. The summed E-state index contributed by atoms with van der Waals surface area (Å²) in [7, 11) is 2.11. The highest BCUT2D eigenvalue weighted by Crippen LogP contribution is 2.15. The van der Waals surface area contributed by atoms with Gasteiger partial charge in [0.15, 0.2) is 0 Å². The van der Waals surface area contributed by atoms with E-state index in [0.717, 1.165) is 13.1 Å². The van der Waals surface area contributed by atoms with E-state index >= 15 is 0 Å². The van der Waals surface area contributed by atoms with Gasteiger partial charge in [0.1, 0.15) is 0 Å². The predicted molar refractivity (Wildman–Crippen MR) is 70.3 cm³/mol. The lowest BCUT2D eigenvalue weighted by Gasteiger charge is -2.37. The summed E-state index contributed by atoms with van der Waals surface area (Å²) >= 11 is 0. The van der Waals surface area contributed by atoms with Crippen LogP contribution in [-0.4, -0.2) is 73.5 Å². The summed E-state index contributed by atoms with van der Waals surface area (Å²) in [6.07, 6.45) is 2.07. The number of hydrogen-bond acceptors (Lipinski definition) is 4. The molecule has 1 aliphatic rings. The molecule has 0 radical (unpaired) electrons. The fraction of sp³-hybridized carbons (Fsp3) is 1.00. The van der Waals surface area contributed by atoms with E-state index in [4.69, 9.17) is 4.74 Å². The highest BCUT2D eigenvalue weighted by Gasteiger charge is 2.22. The monoisotopic (exact) mass is 244 g/mol. The topological polar surface area (TPSA) is 35.9 Å². The lowest BCUT2D eigenvalue weighted by Crippen LogP contribution is -2.46. The highest BCUT2D eigenvalue weighted by molar-refractivity contribution is 4.78. The number of piperidine rings is 1. The van der Waals surface area contributed by atoms with Crippen LogP contribution in [0.1, 0.15) is 26.7 Å². The molecule has 0 aliphatic carbocycles. The molecule has 0 amide bonds. The van der Waals surface area contributed by atoms with Gasteiger partial charge in [-0.1, -0.05) is 6.92 Å². The van der Waals surface area contributed by atoms with Crippen molar-refractivity contribution in [2.75, 3.05) is 46.4 Å². The molecule has 0 aromatic carbocycles. The number of rotatable bonds is 7. The van der Waals surface area contributed by atoms with E-state index in [2.05, 4.69) is 23.8 Å². The molecule has 0 bridgehead atoms. The Morgan fingerprint density at radius 2 is 2.00 bits per heavy atom. The molecular formula is C13H28N2O2. The lowest BCUT2D eigenvalue weighted by atomic mass is 10.0. The van der Waals surface area contributed by atoms with Gasteiger partial charge in [-0.3, -0.25) is 0 Å². The van der Waals surface area contributed by atoms with Crippen molar-refractivity contribution in [1.82, 2.24) is 9.80 Å². The summed E-state index contributed by atoms with van der Waals surface area (Å²) in [5, 5.41) is 9.80. The fourth-order valence-electron chi connectivity index (χ4n) is 2.46. The van der Waals surface area contributed by atoms with Gasteiger partial charge in [0.25, 0.3) is 0 Å². The van der Waals surface area contributed by atoms with E-state index in [1.54, 1.807) is 0 Å². The molecule has 102 valence electrons. The second kappa shape index (κ2) is 8.03. The first-order valence-corrected chi connectivity index (χ1v) is 6.85. The van der Waals surface area contributed by atoms with Crippen molar-refractivity contribution in [3.63, 3.8) is 0 Å². The van der Waals surface area contributed by atoms with Gasteiger partial charge < -0.3 is 19.6 Å². The van der Waals surface area contributed by atoms with Gasteiger partial charge >= 0.3 is 0 Å². The largest absolute Gasteiger partial charge is 0.389 e. The maximum Gasteiger partial charge on any atom is 0.0900 e. The Labute approximate surface area is 106 Å². The van der Waals surface area contributed by atoms with E-state index in [0.29, 0.717) is 19.3 Å². The van der Waals surface area contributed by atoms with E-state index in [1.807, 2.05) is 6.92 Å². The number of aliphatic hydroxyl groups excluding tert-OH is 1. The van der Waals surface area contributed by atoms with Crippen molar-refractivity contribution >= 4 is 0 Å². The molecule has 1 aliphatic heterocycles. The van der Waals surface area contributed by atoms with Gasteiger partial charge in [0.05, 0.1) is 12.7 Å². The third-order valence-corrected chi connectivity index (χ3v) is 3.64. The molecule has 1 heterocycles. The third kappa shape index (κ3) is 5.34. The summed E-state index contributed by atoms with van der Waals surface area (Å²) in [5.41, 5.74) is 0. The van der Waals surface area contributed by atoms with Crippen molar-refractivity contribution < 1.29 is 9.84 Å². The fourth-order valence-corrected chi connectivity index (χ4v) is 2.46. The Bertz CT molecular complexity index is 194. The average molecular weight is 244 g/mol. The summed E-state index contributed by atoms with van der Waals surface area (Å²) in [6.45, 7) is 9.55. The van der Waals surface area contributed by atoms with Crippen molar-refractivity contribution in [3.8, 4) is 0 Å². The smallest absolute Gasteiger partial charge is 0.0900 e. The van der Waals surface area contributed by atoms with Gasteiger partial charge in [0.2, 0.25) is 0 Å². The van der Waals surface area contributed by atoms with Gasteiger partial charge in [-0.05, 0) is 46.4 Å². The molecule has 4 heteroatoms. The molecule has 1 fully saturated rings. The Balaban J connectivity index is 2.21. The predicted octanol–water partition coefficient (Wildman–Crippen LogP) is 0.800. The van der Waals surface area contributed by atoms with E-state index < -0.39 is 0 Å². The molecule has 0 saturated carbocycles.